The normalized spacial score (nSPS) is 16.1. The molecule has 4 nitrogen and oxygen atoms in total. The number of ether oxygens (including phenoxy) is 1. The fourth-order valence-electron chi connectivity index (χ4n) is 1.34. The smallest absolute Gasteiger partial charge is 0.475 e. The summed E-state index contributed by atoms with van der Waals surface area (Å²) < 4.78 is 5.51. The van der Waals surface area contributed by atoms with E-state index in [0.717, 1.165) is 12.8 Å². The van der Waals surface area contributed by atoms with E-state index in [0.29, 0.717) is 11.3 Å². The van der Waals surface area contributed by atoms with E-state index in [1.807, 2.05) is 0 Å². The van der Waals surface area contributed by atoms with E-state index in [9.17, 15) is 0 Å². The zero-order chi connectivity index (χ0) is 9.97. The number of hydrogen-bond donors (Lipinski definition) is 2. The van der Waals surface area contributed by atoms with Gasteiger partial charge in [-0.15, -0.1) is 0 Å². The minimum atomic E-state index is -1.52. The van der Waals surface area contributed by atoms with Crippen LogP contribution in [-0.4, -0.2) is 28.3 Å². The highest BCUT2D eigenvalue weighted by molar-refractivity contribution is 6.59. The van der Waals surface area contributed by atoms with Crippen LogP contribution >= 0.6 is 0 Å². The van der Waals surface area contributed by atoms with Gasteiger partial charge >= 0.3 is 7.12 Å². The summed E-state index contributed by atoms with van der Waals surface area (Å²) in [5.41, 5.74) is 0.333. The van der Waals surface area contributed by atoms with Crippen LogP contribution < -0.4 is 10.2 Å². The summed E-state index contributed by atoms with van der Waals surface area (Å²) in [5.74, 6) is 0.340. The number of rotatable bonds is 3. The zero-order valence-corrected chi connectivity index (χ0v) is 7.76. The standard InChI is InChI=1S/C9H12BNO3/c12-10(13)8-5-2-6-11-9(8)14-7-3-1-4-7/h2,5-7,12-13H,1,3-4H2. The van der Waals surface area contributed by atoms with Crippen molar-refractivity contribution in [1.82, 2.24) is 4.98 Å². The molecule has 1 aliphatic carbocycles. The second-order valence-electron chi connectivity index (χ2n) is 3.44. The van der Waals surface area contributed by atoms with Crippen molar-refractivity contribution < 1.29 is 14.8 Å². The Morgan fingerprint density at radius 1 is 1.43 bits per heavy atom. The van der Waals surface area contributed by atoms with Crippen molar-refractivity contribution in [1.29, 1.82) is 0 Å². The molecule has 0 atom stereocenters. The van der Waals surface area contributed by atoms with Gasteiger partial charge in [-0.2, -0.15) is 0 Å². The van der Waals surface area contributed by atoms with Gasteiger partial charge in [-0.05, 0) is 25.3 Å². The van der Waals surface area contributed by atoms with Gasteiger partial charge < -0.3 is 14.8 Å². The third kappa shape index (κ3) is 1.88. The SMILES string of the molecule is OB(O)c1cccnc1OC1CCC1. The first kappa shape index (κ1) is 9.49. The maximum atomic E-state index is 9.04. The molecule has 1 fully saturated rings. The summed E-state index contributed by atoms with van der Waals surface area (Å²) in [4.78, 5) is 3.98. The highest BCUT2D eigenvalue weighted by Crippen LogP contribution is 2.22. The molecule has 1 aromatic heterocycles. The molecular weight excluding hydrogens is 181 g/mol. The molecule has 0 spiro atoms. The fraction of sp³-hybridized carbons (Fsp3) is 0.444. The van der Waals surface area contributed by atoms with Crippen molar-refractivity contribution in [2.45, 2.75) is 25.4 Å². The van der Waals surface area contributed by atoms with Gasteiger partial charge in [-0.25, -0.2) is 4.98 Å². The highest BCUT2D eigenvalue weighted by atomic mass is 16.5. The molecule has 14 heavy (non-hydrogen) atoms. The zero-order valence-electron chi connectivity index (χ0n) is 7.76. The largest absolute Gasteiger partial charge is 0.494 e. The van der Waals surface area contributed by atoms with Crippen LogP contribution in [-0.2, 0) is 0 Å². The average molecular weight is 193 g/mol. The topological polar surface area (TPSA) is 62.6 Å². The summed E-state index contributed by atoms with van der Waals surface area (Å²) in [6, 6.07) is 3.26. The number of hydrogen-bond acceptors (Lipinski definition) is 4. The van der Waals surface area contributed by atoms with Crippen molar-refractivity contribution in [3.8, 4) is 5.88 Å². The highest BCUT2D eigenvalue weighted by Gasteiger charge is 2.24. The second kappa shape index (κ2) is 3.98. The van der Waals surface area contributed by atoms with Crippen LogP contribution in [0.15, 0.2) is 18.3 Å². The quantitative estimate of drug-likeness (QED) is 0.646. The van der Waals surface area contributed by atoms with E-state index in [1.54, 1.807) is 18.3 Å². The molecule has 0 aromatic carbocycles. The van der Waals surface area contributed by atoms with Gasteiger partial charge in [0.05, 0.1) is 0 Å². The van der Waals surface area contributed by atoms with Crippen LogP contribution in [0, 0.1) is 0 Å². The van der Waals surface area contributed by atoms with Crippen molar-refractivity contribution in [2.24, 2.45) is 0 Å². The van der Waals surface area contributed by atoms with E-state index >= 15 is 0 Å². The lowest BCUT2D eigenvalue weighted by atomic mass is 9.81. The Hall–Kier alpha value is -1.07. The lowest BCUT2D eigenvalue weighted by molar-refractivity contribution is 0.115. The van der Waals surface area contributed by atoms with Crippen LogP contribution in [0.3, 0.4) is 0 Å². The monoisotopic (exact) mass is 193 g/mol. The minimum absolute atomic E-state index is 0.197. The van der Waals surface area contributed by atoms with Gasteiger partial charge in [0.2, 0.25) is 5.88 Å². The molecule has 5 heteroatoms. The van der Waals surface area contributed by atoms with Gasteiger partial charge in [-0.1, -0.05) is 6.07 Å². The number of pyridine rings is 1. The Labute approximate surface area is 82.7 Å². The van der Waals surface area contributed by atoms with E-state index in [2.05, 4.69) is 4.98 Å². The predicted molar refractivity (Wildman–Crippen MR) is 52.3 cm³/mol. The van der Waals surface area contributed by atoms with E-state index in [4.69, 9.17) is 14.8 Å². The van der Waals surface area contributed by atoms with Crippen molar-refractivity contribution in [3.05, 3.63) is 18.3 Å². The van der Waals surface area contributed by atoms with E-state index < -0.39 is 7.12 Å². The predicted octanol–water partition coefficient (Wildman–Crippen LogP) is -0.307. The second-order valence-corrected chi connectivity index (χ2v) is 3.44. The molecule has 0 aliphatic heterocycles. The van der Waals surface area contributed by atoms with Gasteiger partial charge in [0.25, 0.3) is 0 Å². The van der Waals surface area contributed by atoms with Crippen LogP contribution in [0.25, 0.3) is 0 Å². The van der Waals surface area contributed by atoms with Crippen LogP contribution in [0.1, 0.15) is 19.3 Å². The van der Waals surface area contributed by atoms with Crippen molar-refractivity contribution in [2.75, 3.05) is 0 Å². The maximum absolute atomic E-state index is 9.04. The third-order valence-electron chi connectivity index (χ3n) is 2.41. The van der Waals surface area contributed by atoms with Gasteiger partial charge in [-0.3, -0.25) is 0 Å². The summed E-state index contributed by atoms with van der Waals surface area (Å²) in [5, 5.41) is 18.1. The Kier molecular flexibility index (Phi) is 2.70. The average Bonchev–Trinajstić information content (AvgIpc) is 2.12. The minimum Gasteiger partial charge on any atom is -0.475 e. The molecule has 0 amide bonds. The lowest BCUT2D eigenvalue weighted by Crippen LogP contribution is -2.35. The molecule has 1 heterocycles. The molecule has 2 N–H and O–H groups in total. The van der Waals surface area contributed by atoms with Crippen LogP contribution in [0.2, 0.25) is 0 Å². The number of nitrogens with zero attached hydrogens (tertiary/aromatic N) is 1. The molecule has 0 unspecified atom stereocenters. The molecule has 1 aliphatic rings. The van der Waals surface area contributed by atoms with Gasteiger partial charge in [0.15, 0.2) is 0 Å². The Morgan fingerprint density at radius 3 is 2.79 bits per heavy atom. The van der Waals surface area contributed by atoms with Gasteiger partial charge in [0, 0.05) is 11.7 Å². The van der Waals surface area contributed by atoms with Gasteiger partial charge in [0.1, 0.15) is 6.10 Å². The third-order valence-corrected chi connectivity index (χ3v) is 2.41. The summed E-state index contributed by atoms with van der Waals surface area (Å²) in [6.45, 7) is 0. The van der Waals surface area contributed by atoms with Crippen molar-refractivity contribution in [3.63, 3.8) is 0 Å². The first-order chi connectivity index (χ1) is 6.77. The molecule has 0 saturated heterocycles. The number of aromatic nitrogens is 1. The molecule has 2 rings (SSSR count). The molecule has 0 radical (unpaired) electrons. The van der Waals surface area contributed by atoms with E-state index in [-0.39, 0.29) is 6.10 Å². The van der Waals surface area contributed by atoms with Crippen molar-refractivity contribution >= 4 is 12.6 Å². The summed E-state index contributed by atoms with van der Waals surface area (Å²) in [6.07, 6.45) is 5.01. The summed E-state index contributed by atoms with van der Waals surface area (Å²) >= 11 is 0. The Bertz CT molecular complexity index is 315. The molecule has 0 bridgehead atoms. The van der Waals surface area contributed by atoms with Crippen LogP contribution in [0.4, 0.5) is 0 Å². The first-order valence-electron chi connectivity index (χ1n) is 4.75. The molecular formula is C9H12BNO3. The molecule has 1 saturated carbocycles. The van der Waals surface area contributed by atoms with Crippen LogP contribution in [0.5, 0.6) is 5.88 Å². The maximum Gasteiger partial charge on any atom is 0.494 e. The summed E-state index contributed by atoms with van der Waals surface area (Å²) in [7, 11) is -1.52. The first-order valence-corrected chi connectivity index (χ1v) is 4.75. The molecule has 74 valence electrons. The lowest BCUT2D eigenvalue weighted by Gasteiger charge is -2.26. The fourth-order valence-corrected chi connectivity index (χ4v) is 1.34. The Morgan fingerprint density at radius 2 is 2.21 bits per heavy atom. The molecule has 1 aromatic rings. The Balaban J connectivity index is 2.13. The van der Waals surface area contributed by atoms with E-state index in [1.165, 1.54) is 6.42 Å².